The topological polar surface area (TPSA) is 58.2 Å². The highest BCUT2D eigenvalue weighted by Gasteiger charge is 2.09. The zero-order chi connectivity index (χ0) is 15.7. The van der Waals surface area contributed by atoms with E-state index < -0.39 is 5.38 Å². The molecule has 1 rings (SSSR count). The molecule has 0 saturated heterocycles. The molecule has 0 heterocycles. The van der Waals surface area contributed by atoms with Crippen LogP contribution >= 0.6 is 11.6 Å². The van der Waals surface area contributed by atoms with Crippen LogP contribution in [0.25, 0.3) is 0 Å². The highest BCUT2D eigenvalue weighted by molar-refractivity contribution is 6.30. The first-order chi connectivity index (χ1) is 10.0. The third-order valence-electron chi connectivity index (χ3n) is 3.07. The lowest BCUT2D eigenvalue weighted by molar-refractivity contribution is -0.120. The lowest BCUT2D eigenvalue weighted by atomic mass is 10.1. The Labute approximate surface area is 131 Å². The van der Waals surface area contributed by atoms with Crippen LogP contribution in [0.2, 0.25) is 0 Å². The van der Waals surface area contributed by atoms with Crippen molar-refractivity contribution in [3.8, 4) is 0 Å². The van der Waals surface area contributed by atoms with Crippen molar-refractivity contribution in [1.29, 1.82) is 0 Å². The van der Waals surface area contributed by atoms with Gasteiger partial charge in [0.15, 0.2) is 0 Å². The molecule has 0 aromatic heterocycles. The summed E-state index contributed by atoms with van der Waals surface area (Å²) in [7, 11) is 0. The van der Waals surface area contributed by atoms with Crippen molar-refractivity contribution in [1.82, 2.24) is 5.32 Å². The first kappa shape index (κ1) is 17.5. The summed E-state index contributed by atoms with van der Waals surface area (Å²) >= 11 is 5.61. The quantitative estimate of drug-likeness (QED) is 0.725. The van der Waals surface area contributed by atoms with Gasteiger partial charge in [-0.05, 0) is 37.5 Å². The fraction of sp³-hybridized carbons (Fsp3) is 0.500. The number of rotatable bonds is 8. The van der Waals surface area contributed by atoms with Gasteiger partial charge in [-0.25, -0.2) is 0 Å². The molecule has 21 heavy (non-hydrogen) atoms. The molecule has 0 aliphatic heterocycles. The van der Waals surface area contributed by atoms with Crippen LogP contribution in [0.5, 0.6) is 0 Å². The Bertz CT molecular complexity index is 458. The fourth-order valence-electron chi connectivity index (χ4n) is 1.80. The smallest absolute Gasteiger partial charge is 0.237 e. The predicted molar refractivity (Wildman–Crippen MR) is 86.6 cm³/mol. The van der Waals surface area contributed by atoms with Gasteiger partial charge in [0, 0.05) is 18.7 Å². The summed E-state index contributed by atoms with van der Waals surface area (Å²) in [6.07, 6.45) is 3.63. The van der Waals surface area contributed by atoms with Crippen molar-refractivity contribution in [3.05, 3.63) is 29.8 Å². The van der Waals surface area contributed by atoms with E-state index >= 15 is 0 Å². The summed E-state index contributed by atoms with van der Waals surface area (Å²) in [4.78, 5) is 23.0. The molecular weight excluding hydrogens is 288 g/mol. The molecular formula is C16H23ClN2O2. The van der Waals surface area contributed by atoms with E-state index in [1.165, 1.54) is 18.4 Å². The molecule has 0 fully saturated rings. The maximum Gasteiger partial charge on any atom is 0.237 e. The number of anilines is 1. The molecule has 0 saturated carbocycles. The third-order valence-corrected chi connectivity index (χ3v) is 3.27. The second-order valence-corrected chi connectivity index (χ2v) is 5.66. The summed E-state index contributed by atoms with van der Waals surface area (Å²) in [5, 5.41) is 4.82. The molecule has 1 aromatic rings. The third kappa shape index (κ3) is 7.14. The minimum absolute atomic E-state index is 0.126. The van der Waals surface area contributed by atoms with E-state index in [4.69, 9.17) is 11.6 Å². The van der Waals surface area contributed by atoms with Crippen molar-refractivity contribution in [3.63, 3.8) is 0 Å². The van der Waals surface area contributed by atoms with Crippen molar-refractivity contribution < 1.29 is 9.59 Å². The van der Waals surface area contributed by atoms with Gasteiger partial charge in [-0.15, -0.1) is 11.6 Å². The second kappa shape index (κ2) is 9.40. The number of amides is 2. The van der Waals surface area contributed by atoms with Crippen molar-refractivity contribution in [2.45, 2.75) is 44.9 Å². The van der Waals surface area contributed by atoms with Gasteiger partial charge in [-0.2, -0.15) is 0 Å². The maximum absolute atomic E-state index is 11.7. The molecule has 1 atom stereocenters. The number of aryl methyl sites for hydroxylation is 1. The van der Waals surface area contributed by atoms with Gasteiger partial charge < -0.3 is 10.6 Å². The Kier molecular flexibility index (Phi) is 7.83. The van der Waals surface area contributed by atoms with Gasteiger partial charge in [0.1, 0.15) is 5.38 Å². The average molecular weight is 311 g/mol. The first-order valence-electron chi connectivity index (χ1n) is 7.33. The van der Waals surface area contributed by atoms with Gasteiger partial charge in [-0.1, -0.05) is 25.5 Å². The number of hydrogen-bond acceptors (Lipinski definition) is 2. The molecule has 116 valence electrons. The summed E-state index contributed by atoms with van der Waals surface area (Å²) in [6.45, 7) is 4.05. The van der Waals surface area contributed by atoms with Crippen molar-refractivity contribution in [2.75, 3.05) is 11.9 Å². The number of hydrogen-bond donors (Lipinski definition) is 2. The summed E-state index contributed by atoms with van der Waals surface area (Å²) < 4.78 is 0. The number of benzene rings is 1. The minimum Gasteiger partial charge on any atom is -0.354 e. The van der Waals surface area contributed by atoms with Crippen LogP contribution < -0.4 is 10.6 Å². The lowest BCUT2D eigenvalue weighted by Crippen LogP contribution is -2.32. The number of halogens is 1. The van der Waals surface area contributed by atoms with Gasteiger partial charge in [-0.3, -0.25) is 9.59 Å². The van der Waals surface area contributed by atoms with Gasteiger partial charge in [0.25, 0.3) is 0 Å². The van der Waals surface area contributed by atoms with Crippen molar-refractivity contribution in [2.24, 2.45) is 0 Å². The SMILES string of the molecule is CCCCc1ccc(NC(=O)CCNC(=O)[C@@H](C)Cl)cc1. The maximum atomic E-state index is 11.7. The van der Waals surface area contributed by atoms with E-state index in [1.54, 1.807) is 6.92 Å². The molecule has 0 radical (unpaired) electrons. The summed E-state index contributed by atoms with van der Waals surface area (Å²) in [5.74, 6) is -0.386. The van der Waals surface area contributed by atoms with Crippen LogP contribution in [-0.4, -0.2) is 23.7 Å². The number of unbranched alkanes of at least 4 members (excludes halogenated alkanes) is 1. The number of carbonyl (C=O) groups is 2. The minimum atomic E-state index is -0.580. The molecule has 5 heteroatoms. The number of carbonyl (C=O) groups excluding carboxylic acids is 2. The molecule has 1 aromatic carbocycles. The van der Waals surface area contributed by atoms with Gasteiger partial charge in [0.05, 0.1) is 0 Å². The highest BCUT2D eigenvalue weighted by Crippen LogP contribution is 2.12. The Morgan fingerprint density at radius 1 is 1.24 bits per heavy atom. The molecule has 0 spiro atoms. The Morgan fingerprint density at radius 3 is 2.48 bits per heavy atom. The van der Waals surface area contributed by atoms with Gasteiger partial charge in [0.2, 0.25) is 11.8 Å². The summed E-state index contributed by atoms with van der Waals surface area (Å²) in [6, 6.07) is 7.87. The zero-order valence-corrected chi connectivity index (χ0v) is 13.4. The lowest BCUT2D eigenvalue weighted by Gasteiger charge is -2.08. The van der Waals surface area contributed by atoms with Crippen LogP contribution in [0.3, 0.4) is 0 Å². The largest absolute Gasteiger partial charge is 0.354 e. The van der Waals surface area contributed by atoms with E-state index in [0.717, 1.165) is 12.1 Å². The zero-order valence-electron chi connectivity index (χ0n) is 12.6. The van der Waals surface area contributed by atoms with Crippen LogP contribution in [-0.2, 0) is 16.0 Å². The van der Waals surface area contributed by atoms with Crippen LogP contribution in [0.15, 0.2) is 24.3 Å². The number of alkyl halides is 1. The standard InChI is InChI=1S/C16H23ClN2O2/c1-3-4-5-13-6-8-14(9-7-13)19-15(20)10-11-18-16(21)12(2)17/h6-9,12H,3-5,10-11H2,1-2H3,(H,18,21)(H,19,20)/t12-/m1/s1. The molecule has 0 unspecified atom stereocenters. The Hall–Kier alpha value is -1.55. The van der Waals surface area contributed by atoms with Crippen LogP contribution in [0.4, 0.5) is 5.69 Å². The Balaban J connectivity index is 2.32. The monoisotopic (exact) mass is 310 g/mol. The molecule has 4 nitrogen and oxygen atoms in total. The van der Waals surface area contributed by atoms with E-state index in [1.807, 2.05) is 24.3 Å². The van der Waals surface area contributed by atoms with E-state index in [2.05, 4.69) is 17.6 Å². The van der Waals surface area contributed by atoms with Gasteiger partial charge >= 0.3 is 0 Å². The van der Waals surface area contributed by atoms with E-state index in [0.29, 0.717) is 0 Å². The molecule has 0 bridgehead atoms. The molecule has 2 amide bonds. The predicted octanol–water partition coefficient (Wildman–Crippen LogP) is 3.10. The van der Waals surface area contributed by atoms with E-state index in [-0.39, 0.29) is 24.8 Å². The van der Waals surface area contributed by atoms with Crippen molar-refractivity contribution >= 4 is 29.1 Å². The molecule has 0 aliphatic carbocycles. The average Bonchev–Trinajstić information content (AvgIpc) is 2.46. The van der Waals surface area contributed by atoms with Crippen LogP contribution in [0, 0.1) is 0 Å². The highest BCUT2D eigenvalue weighted by atomic mass is 35.5. The van der Waals surface area contributed by atoms with Crippen LogP contribution in [0.1, 0.15) is 38.7 Å². The normalized spacial score (nSPS) is 11.8. The van der Waals surface area contributed by atoms with E-state index in [9.17, 15) is 9.59 Å². The molecule has 0 aliphatic rings. The fourth-order valence-corrected chi connectivity index (χ4v) is 1.88. The molecule has 2 N–H and O–H groups in total. The number of nitrogens with one attached hydrogen (secondary N) is 2. The Morgan fingerprint density at radius 2 is 1.90 bits per heavy atom. The summed E-state index contributed by atoms with van der Waals surface area (Å²) in [5.41, 5.74) is 2.05. The first-order valence-corrected chi connectivity index (χ1v) is 7.77. The second-order valence-electron chi connectivity index (χ2n) is 5.01.